The summed E-state index contributed by atoms with van der Waals surface area (Å²) in [4.78, 5) is 17.5. The average molecular weight is 386 g/mol. The molecule has 0 saturated carbocycles. The van der Waals surface area contributed by atoms with Crippen molar-refractivity contribution in [2.75, 3.05) is 33.8 Å². The maximum Gasteiger partial charge on any atom is 0.411 e. The number of nitrogens with one attached hydrogen (secondary N) is 2. The number of benzene rings is 1. The maximum absolute atomic E-state index is 12.1. The Morgan fingerprint density at radius 2 is 1.85 bits per heavy atom. The van der Waals surface area contributed by atoms with Crippen LogP contribution in [0.25, 0.3) is 0 Å². The highest BCUT2D eigenvalue weighted by Gasteiger charge is 2.27. The van der Waals surface area contributed by atoms with Gasteiger partial charge in [-0.25, -0.2) is 4.99 Å². The highest BCUT2D eigenvalue weighted by molar-refractivity contribution is 5.86. The minimum absolute atomic E-state index is 0.0914. The van der Waals surface area contributed by atoms with Gasteiger partial charge in [-0.1, -0.05) is 30.3 Å². The Morgan fingerprint density at radius 1 is 1.22 bits per heavy atom. The number of nitrogens with zero attached hydrogens (tertiary/aromatic N) is 2. The molecule has 0 unspecified atom stereocenters. The molecule has 0 aromatic heterocycles. The summed E-state index contributed by atoms with van der Waals surface area (Å²) in [6.45, 7) is 3.17. The Morgan fingerprint density at radius 3 is 2.41 bits per heavy atom. The maximum atomic E-state index is 12.1. The van der Waals surface area contributed by atoms with E-state index in [0.717, 1.165) is 5.56 Å². The van der Waals surface area contributed by atoms with E-state index in [1.807, 2.05) is 0 Å². The van der Waals surface area contributed by atoms with Crippen molar-refractivity contribution in [1.29, 1.82) is 0 Å². The molecular formula is C18H25F3N4O2. The van der Waals surface area contributed by atoms with E-state index in [1.165, 1.54) is 4.90 Å². The van der Waals surface area contributed by atoms with Crippen LogP contribution in [0.5, 0.6) is 0 Å². The molecule has 0 atom stereocenters. The minimum Gasteiger partial charge on any atom is -0.367 e. The summed E-state index contributed by atoms with van der Waals surface area (Å²) in [5.41, 5.74) is 1.51. The molecule has 0 heterocycles. The molecule has 0 spiro atoms. The summed E-state index contributed by atoms with van der Waals surface area (Å²) in [5.74, 6) is 0.369. The highest BCUT2D eigenvalue weighted by atomic mass is 19.4. The number of halogens is 3. The number of carbonyl (C=O) groups excluding carboxylic acids is 1. The van der Waals surface area contributed by atoms with E-state index in [9.17, 15) is 18.0 Å². The van der Waals surface area contributed by atoms with Crippen LogP contribution in [0.1, 0.15) is 11.1 Å². The van der Waals surface area contributed by atoms with Gasteiger partial charge in [-0.05, 0) is 11.1 Å². The van der Waals surface area contributed by atoms with Crippen molar-refractivity contribution in [2.24, 2.45) is 4.99 Å². The summed E-state index contributed by atoms with van der Waals surface area (Å²) < 4.78 is 40.8. The molecule has 1 aromatic carbocycles. The summed E-state index contributed by atoms with van der Waals surface area (Å²) in [7, 11) is 3.33. The fourth-order valence-electron chi connectivity index (χ4n) is 1.86. The number of guanidine groups is 1. The Bertz CT molecular complexity index is 628. The van der Waals surface area contributed by atoms with Crippen LogP contribution < -0.4 is 10.6 Å². The van der Waals surface area contributed by atoms with Gasteiger partial charge < -0.3 is 20.3 Å². The lowest BCUT2D eigenvalue weighted by Gasteiger charge is -2.14. The molecular weight excluding hydrogens is 361 g/mol. The van der Waals surface area contributed by atoms with Crippen molar-refractivity contribution < 1.29 is 22.7 Å². The molecule has 0 radical (unpaired) electrons. The first-order chi connectivity index (χ1) is 12.7. The van der Waals surface area contributed by atoms with Crippen molar-refractivity contribution in [3.8, 4) is 0 Å². The molecule has 1 rings (SSSR count). The largest absolute Gasteiger partial charge is 0.411 e. The topological polar surface area (TPSA) is 66.0 Å². The van der Waals surface area contributed by atoms with Gasteiger partial charge >= 0.3 is 6.18 Å². The number of rotatable bonds is 9. The molecule has 0 aliphatic carbocycles. The molecule has 1 aromatic rings. The lowest BCUT2D eigenvalue weighted by molar-refractivity contribution is -0.176. The molecule has 0 fully saturated rings. The van der Waals surface area contributed by atoms with Crippen molar-refractivity contribution in [1.82, 2.24) is 15.5 Å². The first-order valence-corrected chi connectivity index (χ1v) is 8.27. The van der Waals surface area contributed by atoms with Gasteiger partial charge in [0.05, 0.1) is 19.7 Å². The van der Waals surface area contributed by atoms with Crippen LogP contribution in [0.15, 0.2) is 41.9 Å². The second-order valence-corrected chi connectivity index (χ2v) is 5.90. The molecule has 0 aliphatic heterocycles. The highest BCUT2D eigenvalue weighted by Crippen LogP contribution is 2.16. The van der Waals surface area contributed by atoms with Gasteiger partial charge in [0.2, 0.25) is 5.91 Å². The Hall–Kier alpha value is -2.55. The van der Waals surface area contributed by atoms with E-state index in [1.54, 1.807) is 44.4 Å². The Kier molecular flexibility index (Phi) is 9.35. The Balaban J connectivity index is 2.58. The average Bonchev–Trinajstić information content (AvgIpc) is 2.60. The number of likely N-dealkylation sites (N-methyl/N-ethyl adjacent to an activating group) is 1. The minimum atomic E-state index is -4.33. The van der Waals surface area contributed by atoms with E-state index >= 15 is 0 Å². The summed E-state index contributed by atoms with van der Waals surface area (Å²) >= 11 is 0. The number of ether oxygens (including phenoxy) is 1. The molecule has 0 saturated heterocycles. The molecule has 9 heteroatoms. The predicted molar refractivity (Wildman–Crippen MR) is 98.2 cm³/mol. The first-order valence-electron chi connectivity index (χ1n) is 8.27. The third-order valence-corrected chi connectivity index (χ3v) is 3.30. The van der Waals surface area contributed by atoms with Crippen LogP contribution in [-0.2, 0) is 22.7 Å². The van der Waals surface area contributed by atoms with E-state index in [0.29, 0.717) is 24.6 Å². The van der Waals surface area contributed by atoms with Gasteiger partial charge in [-0.3, -0.25) is 4.79 Å². The van der Waals surface area contributed by atoms with Gasteiger partial charge in [0, 0.05) is 20.6 Å². The van der Waals surface area contributed by atoms with E-state index in [4.69, 9.17) is 0 Å². The van der Waals surface area contributed by atoms with Gasteiger partial charge in [0.25, 0.3) is 0 Å². The standard InChI is InChI=1S/C18H25F3N4O2/c1-4-9-22-17(24-11-16(26)25(2)3)23-10-14-5-7-15(8-6-14)12-27-13-18(19,20)21/h4-8H,1,9-13H2,2-3H3,(H2,22,23,24). The molecule has 6 nitrogen and oxygen atoms in total. The van der Waals surface area contributed by atoms with Crippen molar-refractivity contribution in [2.45, 2.75) is 19.3 Å². The van der Waals surface area contributed by atoms with Crippen LogP contribution in [0.3, 0.4) is 0 Å². The van der Waals surface area contributed by atoms with E-state index < -0.39 is 12.8 Å². The molecule has 150 valence electrons. The lowest BCUT2D eigenvalue weighted by atomic mass is 10.1. The van der Waals surface area contributed by atoms with Gasteiger partial charge in [0.1, 0.15) is 6.61 Å². The second kappa shape index (κ2) is 11.2. The number of carbonyl (C=O) groups is 1. The first kappa shape index (κ1) is 22.5. The SMILES string of the molecule is C=CCNC(=NCc1ccc(COCC(F)(F)F)cc1)NCC(=O)N(C)C. The molecule has 0 aliphatic rings. The number of alkyl halides is 3. The molecule has 0 bridgehead atoms. The van der Waals surface area contributed by atoms with Gasteiger partial charge in [0.15, 0.2) is 5.96 Å². The van der Waals surface area contributed by atoms with Crippen molar-refractivity contribution in [3.63, 3.8) is 0 Å². The van der Waals surface area contributed by atoms with E-state index in [2.05, 4.69) is 26.9 Å². The Labute approximate surface area is 157 Å². The van der Waals surface area contributed by atoms with Gasteiger partial charge in [-0.15, -0.1) is 6.58 Å². The van der Waals surface area contributed by atoms with Crippen LogP contribution in [0.4, 0.5) is 13.2 Å². The monoisotopic (exact) mass is 386 g/mol. The number of aliphatic imine (C=N–C) groups is 1. The zero-order valence-corrected chi connectivity index (χ0v) is 15.5. The van der Waals surface area contributed by atoms with Crippen LogP contribution in [0, 0.1) is 0 Å². The van der Waals surface area contributed by atoms with Crippen molar-refractivity contribution in [3.05, 3.63) is 48.0 Å². The van der Waals surface area contributed by atoms with Crippen LogP contribution in [-0.4, -0.2) is 56.7 Å². The fourth-order valence-corrected chi connectivity index (χ4v) is 1.86. The normalized spacial score (nSPS) is 11.8. The smallest absolute Gasteiger partial charge is 0.367 e. The zero-order chi connectivity index (χ0) is 20.3. The van der Waals surface area contributed by atoms with E-state index in [-0.39, 0.29) is 19.1 Å². The lowest BCUT2D eigenvalue weighted by Crippen LogP contribution is -2.43. The summed E-state index contributed by atoms with van der Waals surface area (Å²) in [6.07, 6.45) is -2.66. The van der Waals surface area contributed by atoms with Crippen LogP contribution >= 0.6 is 0 Å². The van der Waals surface area contributed by atoms with Crippen LogP contribution in [0.2, 0.25) is 0 Å². The number of hydrogen-bond donors (Lipinski definition) is 2. The molecule has 27 heavy (non-hydrogen) atoms. The fraction of sp³-hybridized carbons (Fsp3) is 0.444. The number of amides is 1. The third kappa shape index (κ3) is 10.2. The zero-order valence-electron chi connectivity index (χ0n) is 15.5. The summed E-state index contributed by atoms with van der Waals surface area (Å²) in [6, 6.07) is 6.93. The van der Waals surface area contributed by atoms with Gasteiger partial charge in [-0.2, -0.15) is 13.2 Å². The third-order valence-electron chi connectivity index (χ3n) is 3.30. The second-order valence-electron chi connectivity index (χ2n) is 5.90. The van der Waals surface area contributed by atoms with Crippen molar-refractivity contribution >= 4 is 11.9 Å². The molecule has 2 N–H and O–H groups in total. The predicted octanol–water partition coefficient (Wildman–Crippen LogP) is 2.07. The quantitative estimate of drug-likeness (QED) is 0.387. The molecule has 1 amide bonds. The number of hydrogen-bond acceptors (Lipinski definition) is 3. The summed E-state index contributed by atoms with van der Waals surface area (Å²) in [5, 5.41) is 5.94.